The molecule has 6 heteroatoms. The summed E-state index contributed by atoms with van der Waals surface area (Å²) < 4.78 is 1.41. The summed E-state index contributed by atoms with van der Waals surface area (Å²) in [6, 6.07) is 11.5. The molecule has 0 saturated heterocycles. The second-order valence-corrected chi connectivity index (χ2v) is 3.82. The highest BCUT2D eigenvalue weighted by Crippen LogP contribution is 2.19. The molecule has 2 heterocycles. The van der Waals surface area contributed by atoms with E-state index in [1.165, 1.54) is 4.52 Å². The van der Waals surface area contributed by atoms with E-state index >= 15 is 0 Å². The van der Waals surface area contributed by atoms with Crippen molar-refractivity contribution in [2.75, 3.05) is 5.73 Å². The molecule has 0 aliphatic carbocycles. The molecule has 0 spiro atoms. The number of nitrogens with two attached hydrogens (primary N) is 1. The fourth-order valence-corrected chi connectivity index (χ4v) is 1.78. The van der Waals surface area contributed by atoms with E-state index in [0.29, 0.717) is 11.5 Å². The van der Waals surface area contributed by atoms with Gasteiger partial charge in [0.05, 0.1) is 5.69 Å². The van der Waals surface area contributed by atoms with Gasteiger partial charge in [0, 0.05) is 11.6 Å². The molecule has 0 radical (unpaired) electrons. The predicted octanol–water partition coefficient (Wildman–Crippen LogP) is 0.866. The average Bonchev–Trinajstić information content (AvgIpc) is 2.83. The van der Waals surface area contributed by atoms with Crippen LogP contribution in [0, 0.1) is 0 Å². The molecule has 90 valence electrons. The molecule has 0 fully saturated rings. The zero-order valence-corrected chi connectivity index (χ0v) is 9.48. The Bertz CT molecular complexity index is 692. The largest absolute Gasteiger partial charge is 0.388 e. The van der Waals surface area contributed by atoms with E-state index in [9.17, 15) is 0 Å². The van der Waals surface area contributed by atoms with Crippen LogP contribution in [0.1, 0.15) is 5.82 Å². The molecule has 3 aromatic rings. The first-order valence-electron chi connectivity index (χ1n) is 5.46. The molecule has 0 aliphatic rings. The number of anilines is 1. The van der Waals surface area contributed by atoms with Gasteiger partial charge in [-0.25, -0.2) is 9.97 Å². The highest BCUT2D eigenvalue weighted by molar-refractivity contribution is 5.65. The first-order chi connectivity index (χ1) is 8.78. The minimum atomic E-state index is -0.220. The van der Waals surface area contributed by atoms with Crippen LogP contribution in [0.4, 0.5) is 5.95 Å². The number of hydrogen-bond acceptors (Lipinski definition) is 5. The van der Waals surface area contributed by atoms with Crippen LogP contribution >= 0.6 is 0 Å². The number of hydrogen-bond donors (Lipinski definition) is 2. The minimum absolute atomic E-state index is 0.220. The fraction of sp³-hybridized carbons (Fsp3) is 0.0833. The summed E-state index contributed by atoms with van der Waals surface area (Å²) in [6.07, 6.45) is 0. The summed E-state index contributed by atoms with van der Waals surface area (Å²) in [7, 11) is 0. The number of fused-ring (bicyclic) bond motifs is 1. The maximum atomic E-state index is 9.02. The normalized spacial score (nSPS) is 10.9. The lowest BCUT2D eigenvalue weighted by atomic mass is 10.1. The Hall–Kier alpha value is -2.47. The Morgan fingerprint density at radius 1 is 1.17 bits per heavy atom. The van der Waals surface area contributed by atoms with E-state index in [1.54, 1.807) is 6.07 Å². The fourth-order valence-electron chi connectivity index (χ4n) is 1.78. The standard InChI is InChI=1S/C12H11N5O/c13-12-14-9(8-4-2-1-3-5-8)6-11-15-10(7-18)16-17(11)12/h1-6,18H,7H2,(H2,13,14). The Morgan fingerprint density at radius 3 is 2.67 bits per heavy atom. The summed E-state index contributed by atoms with van der Waals surface area (Å²) in [5.74, 6) is 0.576. The van der Waals surface area contributed by atoms with Crippen molar-refractivity contribution in [3.8, 4) is 11.3 Å². The molecule has 2 aromatic heterocycles. The van der Waals surface area contributed by atoms with Gasteiger partial charge in [-0.05, 0) is 0 Å². The first kappa shape index (κ1) is 10.7. The summed E-state index contributed by atoms with van der Waals surface area (Å²) >= 11 is 0. The van der Waals surface area contributed by atoms with Crippen LogP contribution in [0.3, 0.4) is 0 Å². The molecule has 18 heavy (non-hydrogen) atoms. The van der Waals surface area contributed by atoms with Gasteiger partial charge >= 0.3 is 0 Å². The Kier molecular flexibility index (Phi) is 2.42. The molecular formula is C12H11N5O. The van der Waals surface area contributed by atoms with Crippen LogP contribution in [0.2, 0.25) is 0 Å². The number of nitrogen functional groups attached to an aromatic ring is 1. The van der Waals surface area contributed by atoms with Gasteiger partial charge in [-0.1, -0.05) is 30.3 Å². The predicted molar refractivity (Wildman–Crippen MR) is 66.6 cm³/mol. The van der Waals surface area contributed by atoms with Gasteiger partial charge in [0.25, 0.3) is 0 Å². The molecule has 0 aliphatic heterocycles. The van der Waals surface area contributed by atoms with Gasteiger partial charge in [-0.2, -0.15) is 4.52 Å². The van der Waals surface area contributed by atoms with Crippen molar-refractivity contribution in [3.05, 3.63) is 42.2 Å². The molecule has 0 atom stereocenters. The van der Waals surface area contributed by atoms with Crippen LogP contribution in [-0.2, 0) is 6.61 Å². The van der Waals surface area contributed by atoms with Crippen LogP contribution in [0.15, 0.2) is 36.4 Å². The smallest absolute Gasteiger partial charge is 0.223 e. The number of benzene rings is 1. The molecule has 3 N–H and O–H groups in total. The van der Waals surface area contributed by atoms with Crippen molar-refractivity contribution in [3.63, 3.8) is 0 Å². The Morgan fingerprint density at radius 2 is 1.94 bits per heavy atom. The third-order valence-electron chi connectivity index (χ3n) is 2.60. The lowest BCUT2D eigenvalue weighted by Gasteiger charge is -2.02. The van der Waals surface area contributed by atoms with Crippen LogP contribution in [-0.4, -0.2) is 24.7 Å². The van der Waals surface area contributed by atoms with E-state index in [-0.39, 0.29) is 12.6 Å². The lowest BCUT2D eigenvalue weighted by molar-refractivity contribution is 0.271. The second kappa shape index (κ2) is 4.08. The van der Waals surface area contributed by atoms with E-state index in [2.05, 4.69) is 15.1 Å². The van der Waals surface area contributed by atoms with Crippen LogP contribution in [0.5, 0.6) is 0 Å². The summed E-state index contributed by atoms with van der Waals surface area (Å²) in [5, 5.41) is 13.0. The Balaban J connectivity index is 2.21. The minimum Gasteiger partial charge on any atom is -0.388 e. The summed E-state index contributed by atoms with van der Waals surface area (Å²) in [5.41, 5.74) is 8.10. The quantitative estimate of drug-likeness (QED) is 0.694. The molecule has 0 bridgehead atoms. The maximum Gasteiger partial charge on any atom is 0.223 e. The third kappa shape index (κ3) is 1.68. The van der Waals surface area contributed by atoms with E-state index in [0.717, 1.165) is 11.3 Å². The zero-order valence-electron chi connectivity index (χ0n) is 9.48. The number of aromatic nitrogens is 4. The van der Waals surface area contributed by atoms with Gasteiger partial charge in [-0.15, -0.1) is 5.10 Å². The number of nitrogens with zero attached hydrogens (tertiary/aromatic N) is 4. The number of aliphatic hydroxyl groups excluding tert-OH is 1. The average molecular weight is 241 g/mol. The van der Waals surface area contributed by atoms with Gasteiger partial charge in [0.1, 0.15) is 6.61 Å². The van der Waals surface area contributed by atoms with Gasteiger partial charge < -0.3 is 10.8 Å². The SMILES string of the molecule is Nc1nc(-c2ccccc2)cc2nc(CO)nn12. The maximum absolute atomic E-state index is 9.02. The monoisotopic (exact) mass is 241 g/mol. The van der Waals surface area contributed by atoms with Crippen LogP contribution < -0.4 is 5.73 Å². The van der Waals surface area contributed by atoms with Crippen molar-refractivity contribution in [1.82, 2.24) is 19.6 Å². The molecule has 0 unspecified atom stereocenters. The second-order valence-electron chi connectivity index (χ2n) is 3.82. The van der Waals surface area contributed by atoms with Crippen molar-refractivity contribution < 1.29 is 5.11 Å². The Labute approximate surface area is 103 Å². The molecule has 0 saturated carbocycles. The highest BCUT2D eigenvalue weighted by atomic mass is 16.3. The van der Waals surface area contributed by atoms with Gasteiger partial charge in [0.15, 0.2) is 11.5 Å². The van der Waals surface area contributed by atoms with Crippen molar-refractivity contribution >= 4 is 11.6 Å². The molecule has 1 aromatic carbocycles. The lowest BCUT2D eigenvalue weighted by Crippen LogP contribution is -2.03. The molecule has 0 amide bonds. The third-order valence-corrected chi connectivity index (χ3v) is 2.60. The van der Waals surface area contributed by atoms with Gasteiger partial charge in [0.2, 0.25) is 5.95 Å². The molecule has 6 nitrogen and oxygen atoms in total. The van der Waals surface area contributed by atoms with Crippen molar-refractivity contribution in [1.29, 1.82) is 0 Å². The first-order valence-corrected chi connectivity index (χ1v) is 5.46. The highest BCUT2D eigenvalue weighted by Gasteiger charge is 2.09. The summed E-state index contributed by atoms with van der Waals surface area (Å²) in [6.45, 7) is -0.220. The summed E-state index contributed by atoms with van der Waals surface area (Å²) in [4.78, 5) is 8.44. The van der Waals surface area contributed by atoms with E-state index in [4.69, 9.17) is 10.8 Å². The van der Waals surface area contributed by atoms with Crippen molar-refractivity contribution in [2.24, 2.45) is 0 Å². The topological polar surface area (TPSA) is 89.3 Å². The molecular weight excluding hydrogens is 230 g/mol. The zero-order chi connectivity index (χ0) is 12.5. The van der Waals surface area contributed by atoms with Gasteiger partial charge in [-0.3, -0.25) is 0 Å². The molecule has 3 rings (SSSR count). The number of rotatable bonds is 2. The van der Waals surface area contributed by atoms with E-state index in [1.807, 2.05) is 30.3 Å². The number of aliphatic hydroxyl groups is 1. The van der Waals surface area contributed by atoms with Crippen molar-refractivity contribution in [2.45, 2.75) is 6.61 Å². The van der Waals surface area contributed by atoms with Crippen LogP contribution in [0.25, 0.3) is 16.9 Å². The van der Waals surface area contributed by atoms with E-state index < -0.39 is 0 Å².